The number of carbonyl (C=O) groups is 2. The highest BCUT2D eigenvalue weighted by Gasteiger charge is 2.29. The highest BCUT2D eigenvalue weighted by atomic mass is 32.2. The van der Waals surface area contributed by atoms with Crippen molar-refractivity contribution in [2.24, 2.45) is 5.92 Å². The van der Waals surface area contributed by atoms with Gasteiger partial charge in [-0.15, -0.1) is 0 Å². The Bertz CT molecular complexity index is 954. The summed E-state index contributed by atoms with van der Waals surface area (Å²) in [6.07, 6.45) is 1.66. The number of benzene rings is 2. The fraction of sp³-hybridized carbons (Fsp3) is 0.462. The zero-order chi connectivity index (χ0) is 22.5. The first-order valence-electron chi connectivity index (χ1n) is 11.6. The molecule has 2 fully saturated rings. The van der Waals surface area contributed by atoms with Crippen molar-refractivity contribution < 1.29 is 9.59 Å². The van der Waals surface area contributed by atoms with Crippen LogP contribution in [0.1, 0.15) is 39.9 Å². The van der Waals surface area contributed by atoms with E-state index in [2.05, 4.69) is 29.3 Å². The second kappa shape index (κ2) is 10.5. The van der Waals surface area contributed by atoms with Crippen LogP contribution >= 0.6 is 11.8 Å². The van der Waals surface area contributed by atoms with Crippen molar-refractivity contribution in [3.63, 3.8) is 0 Å². The molecule has 4 rings (SSSR count). The first-order chi connectivity index (χ1) is 15.5. The van der Waals surface area contributed by atoms with Crippen LogP contribution in [-0.2, 0) is 11.3 Å². The Labute approximate surface area is 195 Å². The number of thioether (sulfide) groups is 1. The van der Waals surface area contributed by atoms with Crippen LogP contribution < -0.4 is 5.32 Å². The third-order valence-corrected chi connectivity index (χ3v) is 7.38. The third kappa shape index (κ3) is 5.73. The van der Waals surface area contributed by atoms with E-state index in [-0.39, 0.29) is 17.7 Å². The van der Waals surface area contributed by atoms with Crippen LogP contribution in [0.3, 0.4) is 0 Å². The average molecular weight is 452 g/mol. The zero-order valence-corrected chi connectivity index (χ0v) is 19.9. The number of likely N-dealkylation sites (tertiary alicyclic amines) is 1. The van der Waals surface area contributed by atoms with E-state index in [4.69, 9.17) is 0 Å². The minimum absolute atomic E-state index is 0.00955. The van der Waals surface area contributed by atoms with Gasteiger partial charge in [-0.25, -0.2) is 0 Å². The molecule has 5 nitrogen and oxygen atoms in total. The summed E-state index contributed by atoms with van der Waals surface area (Å²) in [6.45, 7) is 8.50. The first-order valence-corrected chi connectivity index (χ1v) is 12.7. The number of anilines is 1. The lowest BCUT2D eigenvalue weighted by Crippen LogP contribution is -2.43. The van der Waals surface area contributed by atoms with Crippen LogP contribution in [-0.4, -0.2) is 59.3 Å². The number of aryl methyl sites for hydroxylation is 2. The Balaban J connectivity index is 1.35. The summed E-state index contributed by atoms with van der Waals surface area (Å²) in [7, 11) is 0. The Morgan fingerprint density at radius 2 is 1.78 bits per heavy atom. The van der Waals surface area contributed by atoms with Gasteiger partial charge in [0, 0.05) is 55.5 Å². The largest absolute Gasteiger partial charge is 0.338 e. The van der Waals surface area contributed by atoms with Gasteiger partial charge in [0.25, 0.3) is 5.91 Å². The molecule has 2 amide bonds. The maximum Gasteiger partial charge on any atom is 0.253 e. The highest BCUT2D eigenvalue weighted by molar-refractivity contribution is 7.99. The predicted octanol–water partition coefficient (Wildman–Crippen LogP) is 4.34. The zero-order valence-electron chi connectivity index (χ0n) is 19.1. The van der Waals surface area contributed by atoms with Gasteiger partial charge in [-0.2, -0.15) is 11.8 Å². The van der Waals surface area contributed by atoms with Crippen molar-refractivity contribution in [1.82, 2.24) is 9.80 Å². The Morgan fingerprint density at radius 3 is 2.50 bits per heavy atom. The molecule has 0 aromatic heterocycles. The monoisotopic (exact) mass is 451 g/mol. The van der Waals surface area contributed by atoms with Crippen LogP contribution in [0.2, 0.25) is 0 Å². The van der Waals surface area contributed by atoms with Gasteiger partial charge < -0.3 is 10.2 Å². The fourth-order valence-corrected chi connectivity index (χ4v) is 5.45. The Hall–Kier alpha value is -2.31. The standard InChI is InChI=1S/C26H33N3O2S/c1-19-5-8-22(9-6-19)26(31)29-11-3-4-23(18-29)25(30)27-24-10-7-21(16-20(24)2)17-28-12-14-32-15-13-28/h5-10,16,23H,3-4,11-15,17-18H2,1-2H3,(H,27,30). The van der Waals surface area contributed by atoms with E-state index in [1.165, 1.54) is 17.1 Å². The summed E-state index contributed by atoms with van der Waals surface area (Å²) in [5, 5.41) is 3.12. The number of nitrogens with zero attached hydrogens (tertiary/aromatic N) is 2. The molecule has 2 heterocycles. The molecule has 1 unspecified atom stereocenters. The number of rotatable bonds is 5. The number of nitrogens with one attached hydrogen (secondary N) is 1. The van der Waals surface area contributed by atoms with E-state index >= 15 is 0 Å². The van der Waals surface area contributed by atoms with Crippen LogP contribution in [0.15, 0.2) is 42.5 Å². The highest BCUT2D eigenvalue weighted by Crippen LogP contribution is 2.23. The molecule has 32 heavy (non-hydrogen) atoms. The lowest BCUT2D eigenvalue weighted by atomic mass is 9.96. The minimum atomic E-state index is -0.178. The van der Waals surface area contributed by atoms with Gasteiger partial charge in [-0.1, -0.05) is 29.8 Å². The van der Waals surface area contributed by atoms with Gasteiger partial charge in [-0.3, -0.25) is 14.5 Å². The molecule has 0 bridgehead atoms. The molecule has 0 aliphatic carbocycles. The van der Waals surface area contributed by atoms with Crippen molar-refractivity contribution in [2.75, 3.05) is 43.0 Å². The molecule has 2 aliphatic rings. The molecule has 2 aromatic rings. The molecule has 1 N–H and O–H groups in total. The second-order valence-corrected chi connectivity index (χ2v) is 10.2. The van der Waals surface area contributed by atoms with Crippen LogP contribution in [0.5, 0.6) is 0 Å². The lowest BCUT2D eigenvalue weighted by Gasteiger charge is -2.32. The molecular formula is C26H33N3O2S. The molecule has 0 radical (unpaired) electrons. The van der Waals surface area contributed by atoms with Gasteiger partial charge in [0.2, 0.25) is 5.91 Å². The molecule has 1 atom stereocenters. The van der Waals surface area contributed by atoms with Gasteiger partial charge in [0.1, 0.15) is 0 Å². The summed E-state index contributed by atoms with van der Waals surface area (Å²) >= 11 is 2.02. The van der Waals surface area contributed by atoms with Crippen LogP contribution in [0.4, 0.5) is 5.69 Å². The summed E-state index contributed by atoms with van der Waals surface area (Å²) in [4.78, 5) is 30.2. The molecule has 2 aliphatic heterocycles. The number of amides is 2. The molecule has 0 spiro atoms. The topological polar surface area (TPSA) is 52.7 Å². The van der Waals surface area contributed by atoms with Crippen LogP contribution in [0.25, 0.3) is 0 Å². The minimum Gasteiger partial charge on any atom is -0.338 e. The third-order valence-electron chi connectivity index (χ3n) is 6.44. The average Bonchev–Trinajstić information content (AvgIpc) is 2.81. The van der Waals surface area contributed by atoms with Crippen molar-refractivity contribution in [2.45, 2.75) is 33.2 Å². The summed E-state index contributed by atoms with van der Waals surface area (Å²) in [5.41, 5.74) is 5.07. The van der Waals surface area contributed by atoms with E-state index in [9.17, 15) is 9.59 Å². The number of carbonyl (C=O) groups excluding carboxylic acids is 2. The van der Waals surface area contributed by atoms with Gasteiger partial charge >= 0.3 is 0 Å². The quantitative estimate of drug-likeness (QED) is 0.735. The van der Waals surface area contributed by atoms with Crippen molar-refractivity contribution in [3.05, 3.63) is 64.7 Å². The summed E-state index contributed by atoms with van der Waals surface area (Å²) in [6, 6.07) is 14.0. The molecule has 0 saturated carbocycles. The van der Waals surface area contributed by atoms with Crippen LogP contribution in [0, 0.1) is 19.8 Å². The summed E-state index contributed by atoms with van der Waals surface area (Å²) < 4.78 is 0. The van der Waals surface area contributed by atoms with E-state index < -0.39 is 0 Å². The van der Waals surface area contributed by atoms with Gasteiger partial charge in [-0.05, 0) is 56.0 Å². The molecular weight excluding hydrogens is 418 g/mol. The number of hydrogen-bond acceptors (Lipinski definition) is 4. The van der Waals surface area contributed by atoms with E-state index in [0.29, 0.717) is 18.7 Å². The Kier molecular flexibility index (Phi) is 7.53. The van der Waals surface area contributed by atoms with Crippen molar-refractivity contribution >= 4 is 29.3 Å². The molecule has 170 valence electrons. The number of hydrogen-bond donors (Lipinski definition) is 1. The predicted molar refractivity (Wildman–Crippen MR) is 132 cm³/mol. The van der Waals surface area contributed by atoms with Crippen molar-refractivity contribution in [1.29, 1.82) is 0 Å². The second-order valence-electron chi connectivity index (χ2n) is 8.98. The van der Waals surface area contributed by atoms with Gasteiger partial charge in [0.05, 0.1) is 5.92 Å². The summed E-state index contributed by atoms with van der Waals surface area (Å²) in [5.74, 6) is 2.26. The molecule has 2 aromatic carbocycles. The normalized spacial score (nSPS) is 19.6. The maximum absolute atomic E-state index is 13.0. The van der Waals surface area contributed by atoms with Gasteiger partial charge in [0.15, 0.2) is 0 Å². The smallest absolute Gasteiger partial charge is 0.253 e. The van der Waals surface area contributed by atoms with E-state index in [1.54, 1.807) is 0 Å². The first kappa shape index (κ1) is 22.9. The molecule has 2 saturated heterocycles. The molecule has 6 heteroatoms. The lowest BCUT2D eigenvalue weighted by molar-refractivity contribution is -0.121. The van der Waals surface area contributed by atoms with E-state index in [0.717, 1.165) is 49.3 Å². The SMILES string of the molecule is Cc1ccc(C(=O)N2CCCC(C(=O)Nc3ccc(CN4CCSCC4)cc3C)C2)cc1. The van der Waals surface area contributed by atoms with E-state index in [1.807, 2.05) is 53.9 Å². The maximum atomic E-state index is 13.0. The number of piperidine rings is 1. The van der Waals surface area contributed by atoms with Crippen molar-refractivity contribution in [3.8, 4) is 0 Å². The Morgan fingerprint density at radius 1 is 1.03 bits per heavy atom. The fourth-order valence-electron chi connectivity index (χ4n) is 4.47.